The molecule has 0 radical (unpaired) electrons. The largest absolute Gasteiger partial charge is 0.389 e. The molecule has 0 saturated carbocycles. The second-order valence-corrected chi connectivity index (χ2v) is 3.62. The number of halogens is 1. The highest BCUT2D eigenvalue weighted by Gasteiger charge is 2.01. The molecule has 2 nitrogen and oxygen atoms in total. The van der Waals surface area contributed by atoms with Crippen molar-refractivity contribution in [3.63, 3.8) is 0 Å². The van der Waals surface area contributed by atoms with Crippen LogP contribution in [0.5, 0.6) is 0 Å². The van der Waals surface area contributed by atoms with Crippen molar-refractivity contribution in [3.05, 3.63) is 35.4 Å². The van der Waals surface area contributed by atoms with Gasteiger partial charge in [0.2, 0.25) is 0 Å². The fourth-order valence-corrected chi connectivity index (χ4v) is 1.13. The molecule has 0 aliphatic carbocycles. The quantitative estimate of drug-likeness (QED) is 0.761. The van der Waals surface area contributed by atoms with Gasteiger partial charge in [0.1, 0.15) is 0 Å². The van der Waals surface area contributed by atoms with Crippen molar-refractivity contribution in [1.29, 1.82) is 0 Å². The summed E-state index contributed by atoms with van der Waals surface area (Å²) in [6, 6.07) is 8.11. The molecular formula is C11H15ClO2. The third kappa shape index (κ3) is 4.09. The summed E-state index contributed by atoms with van der Waals surface area (Å²) in [5, 5.41) is 9.12. The Hall–Kier alpha value is -0.570. The predicted molar refractivity (Wildman–Crippen MR) is 57.6 cm³/mol. The molecule has 1 rings (SSSR count). The van der Waals surface area contributed by atoms with Crippen LogP contribution in [0.3, 0.4) is 0 Å². The summed E-state index contributed by atoms with van der Waals surface area (Å²) in [4.78, 5) is 0. The number of hydrogen-bond acceptors (Lipinski definition) is 2. The van der Waals surface area contributed by atoms with Gasteiger partial charge >= 0.3 is 0 Å². The van der Waals surface area contributed by atoms with E-state index in [1.165, 1.54) is 5.56 Å². The number of aliphatic hydroxyl groups is 1. The summed E-state index contributed by atoms with van der Waals surface area (Å²) in [7, 11) is 0. The Balaban J connectivity index is 2.28. The Kier molecular flexibility index (Phi) is 4.94. The van der Waals surface area contributed by atoms with Gasteiger partial charge in [-0.15, -0.1) is 11.6 Å². The van der Waals surface area contributed by atoms with E-state index < -0.39 is 6.10 Å². The highest BCUT2D eigenvalue weighted by atomic mass is 35.5. The van der Waals surface area contributed by atoms with Crippen molar-refractivity contribution in [2.75, 3.05) is 12.5 Å². The zero-order chi connectivity index (χ0) is 10.4. The molecule has 0 amide bonds. The number of aryl methyl sites for hydroxylation is 1. The molecule has 1 atom stereocenters. The highest BCUT2D eigenvalue weighted by molar-refractivity contribution is 6.18. The van der Waals surface area contributed by atoms with Gasteiger partial charge in [0, 0.05) is 0 Å². The van der Waals surface area contributed by atoms with Crippen molar-refractivity contribution in [2.24, 2.45) is 0 Å². The van der Waals surface area contributed by atoms with Crippen LogP contribution in [0.2, 0.25) is 0 Å². The molecule has 0 aliphatic heterocycles. The molecule has 0 bridgehead atoms. The normalized spacial score (nSPS) is 12.8. The van der Waals surface area contributed by atoms with Gasteiger partial charge in [-0.05, 0) is 12.5 Å². The van der Waals surface area contributed by atoms with Crippen LogP contribution < -0.4 is 0 Å². The summed E-state index contributed by atoms with van der Waals surface area (Å²) < 4.78 is 5.28. The van der Waals surface area contributed by atoms with E-state index in [-0.39, 0.29) is 12.5 Å². The van der Waals surface area contributed by atoms with Crippen LogP contribution in [-0.2, 0) is 11.3 Å². The lowest BCUT2D eigenvalue weighted by Gasteiger charge is -2.07. The molecule has 14 heavy (non-hydrogen) atoms. The maximum Gasteiger partial charge on any atom is 0.0908 e. The molecule has 78 valence electrons. The molecule has 0 aliphatic rings. The van der Waals surface area contributed by atoms with Crippen LogP contribution in [0.4, 0.5) is 0 Å². The lowest BCUT2D eigenvalue weighted by molar-refractivity contribution is 0.0392. The van der Waals surface area contributed by atoms with E-state index in [0.717, 1.165) is 5.56 Å². The Bertz CT molecular complexity index is 258. The smallest absolute Gasteiger partial charge is 0.0908 e. The Morgan fingerprint density at radius 1 is 1.36 bits per heavy atom. The van der Waals surface area contributed by atoms with Crippen molar-refractivity contribution in [1.82, 2.24) is 0 Å². The number of rotatable bonds is 5. The minimum atomic E-state index is -0.567. The lowest BCUT2D eigenvalue weighted by atomic mass is 10.2. The lowest BCUT2D eigenvalue weighted by Crippen LogP contribution is -2.16. The number of hydrogen-bond donors (Lipinski definition) is 1. The molecule has 0 fully saturated rings. The first-order chi connectivity index (χ1) is 6.72. The van der Waals surface area contributed by atoms with Gasteiger partial charge in [-0.25, -0.2) is 0 Å². The van der Waals surface area contributed by atoms with Crippen molar-refractivity contribution < 1.29 is 9.84 Å². The summed E-state index contributed by atoms with van der Waals surface area (Å²) in [5.41, 5.74) is 2.34. The van der Waals surface area contributed by atoms with Crippen LogP contribution in [0, 0.1) is 6.92 Å². The maximum atomic E-state index is 9.12. The molecule has 0 heterocycles. The molecule has 0 spiro atoms. The zero-order valence-corrected chi connectivity index (χ0v) is 9.00. The Morgan fingerprint density at radius 2 is 2.00 bits per heavy atom. The third-order valence-corrected chi connectivity index (χ3v) is 2.23. The highest BCUT2D eigenvalue weighted by Crippen LogP contribution is 2.04. The van der Waals surface area contributed by atoms with E-state index >= 15 is 0 Å². The topological polar surface area (TPSA) is 29.5 Å². The molecule has 0 saturated heterocycles. The van der Waals surface area contributed by atoms with Gasteiger partial charge in [0.15, 0.2) is 0 Å². The number of ether oxygens (including phenoxy) is 1. The van der Waals surface area contributed by atoms with Gasteiger partial charge < -0.3 is 9.84 Å². The summed E-state index contributed by atoms with van der Waals surface area (Å²) in [6.45, 7) is 2.85. The molecule has 3 heteroatoms. The fraction of sp³-hybridized carbons (Fsp3) is 0.455. The SMILES string of the molecule is Cc1ccc(COCC(O)CCl)cc1. The first kappa shape index (κ1) is 11.5. The Morgan fingerprint density at radius 3 is 2.57 bits per heavy atom. The second kappa shape index (κ2) is 6.02. The van der Waals surface area contributed by atoms with E-state index in [4.69, 9.17) is 21.4 Å². The fourth-order valence-electron chi connectivity index (χ4n) is 1.04. The number of aliphatic hydroxyl groups excluding tert-OH is 1. The minimum absolute atomic E-state index is 0.216. The van der Waals surface area contributed by atoms with E-state index in [0.29, 0.717) is 6.61 Å². The molecule has 1 unspecified atom stereocenters. The van der Waals surface area contributed by atoms with Crippen LogP contribution in [0.1, 0.15) is 11.1 Å². The standard InChI is InChI=1S/C11H15ClO2/c1-9-2-4-10(5-3-9)7-14-8-11(13)6-12/h2-5,11,13H,6-8H2,1H3. The first-order valence-electron chi connectivity index (χ1n) is 4.59. The van der Waals surface area contributed by atoms with Crippen LogP contribution in [0.15, 0.2) is 24.3 Å². The number of benzene rings is 1. The average Bonchev–Trinajstić information content (AvgIpc) is 2.21. The third-order valence-electron chi connectivity index (χ3n) is 1.88. The first-order valence-corrected chi connectivity index (χ1v) is 5.13. The zero-order valence-electron chi connectivity index (χ0n) is 8.24. The second-order valence-electron chi connectivity index (χ2n) is 3.31. The minimum Gasteiger partial charge on any atom is -0.389 e. The monoisotopic (exact) mass is 214 g/mol. The molecule has 1 aromatic carbocycles. The predicted octanol–water partition coefficient (Wildman–Crippen LogP) is 2.11. The van der Waals surface area contributed by atoms with Gasteiger partial charge in [-0.3, -0.25) is 0 Å². The van der Waals surface area contributed by atoms with Gasteiger partial charge in [0.25, 0.3) is 0 Å². The van der Waals surface area contributed by atoms with E-state index in [1.54, 1.807) is 0 Å². The van der Waals surface area contributed by atoms with Crippen molar-refractivity contribution in [3.8, 4) is 0 Å². The van der Waals surface area contributed by atoms with Crippen LogP contribution in [-0.4, -0.2) is 23.7 Å². The van der Waals surface area contributed by atoms with Crippen molar-refractivity contribution in [2.45, 2.75) is 19.6 Å². The maximum absolute atomic E-state index is 9.12. The van der Waals surface area contributed by atoms with E-state index in [2.05, 4.69) is 0 Å². The van der Waals surface area contributed by atoms with E-state index in [9.17, 15) is 0 Å². The summed E-state index contributed by atoms with van der Waals surface area (Å²) in [5.74, 6) is 0.216. The summed E-state index contributed by atoms with van der Waals surface area (Å²) >= 11 is 5.42. The van der Waals surface area contributed by atoms with Gasteiger partial charge in [-0.2, -0.15) is 0 Å². The molecular weight excluding hydrogens is 200 g/mol. The molecule has 1 N–H and O–H groups in total. The van der Waals surface area contributed by atoms with Gasteiger partial charge in [0.05, 0.1) is 25.2 Å². The van der Waals surface area contributed by atoms with Gasteiger partial charge in [-0.1, -0.05) is 29.8 Å². The van der Waals surface area contributed by atoms with Crippen LogP contribution in [0.25, 0.3) is 0 Å². The van der Waals surface area contributed by atoms with Crippen molar-refractivity contribution >= 4 is 11.6 Å². The summed E-state index contributed by atoms with van der Waals surface area (Å²) in [6.07, 6.45) is -0.567. The molecule has 0 aromatic heterocycles. The van der Waals surface area contributed by atoms with E-state index in [1.807, 2.05) is 31.2 Å². The Labute approximate surface area is 89.5 Å². The number of alkyl halides is 1. The average molecular weight is 215 g/mol. The van der Waals surface area contributed by atoms with Crippen LogP contribution >= 0.6 is 11.6 Å². The molecule has 1 aromatic rings.